The molecule has 0 unspecified atom stereocenters. The maximum atomic E-state index is 13.0. The van der Waals surface area contributed by atoms with Crippen molar-refractivity contribution in [3.63, 3.8) is 0 Å². The van der Waals surface area contributed by atoms with Gasteiger partial charge in [0.05, 0.1) is 0 Å². The molecule has 0 aliphatic rings. The Labute approximate surface area is 124 Å². The van der Waals surface area contributed by atoms with Gasteiger partial charge >= 0.3 is 5.97 Å². The normalized spacial score (nSPS) is 10.3. The van der Waals surface area contributed by atoms with E-state index in [4.69, 9.17) is 9.84 Å². The van der Waals surface area contributed by atoms with Crippen molar-refractivity contribution >= 4 is 21.9 Å². The summed E-state index contributed by atoms with van der Waals surface area (Å²) in [6.07, 6.45) is 0. The fourth-order valence-corrected chi connectivity index (χ4v) is 2.27. The molecule has 0 amide bonds. The molecule has 2 aromatic carbocycles. The van der Waals surface area contributed by atoms with Gasteiger partial charge in [-0.3, -0.25) is 0 Å². The zero-order valence-corrected chi connectivity index (χ0v) is 12.3. The van der Waals surface area contributed by atoms with Gasteiger partial charge in [0.2, 0.25) is 0 Å². The highest BCUT2D eigenvalue weighted by Gasteiger charge is 2.14. The molecule has 20 heavy (non-hydrogen) atoms. The third kappa shape index (κ3) is 3.17. The second kappa shape index (κ2) is 6.05. The molecule has 3 nitrogen and oxygen atoms in total. The summed E-state index contributed by atoms with van der Waals surface area (Å²) in [6.45, 7) is 1.94. The molecule has 0 saturated carbocycles. The van der Waals surface area contributed by atoms with Crippen LogP contribution >= 0.6 is 15.9 Å². The van der Waals surface area contributed by atoms with Gasteiger partial charge in [-0.25, -0.2) is 9.18 Å². The molecular formula is C15H12BrFO3. The van der Waals surface area contributed by atoms with E-state index in [1.165, 1.54) is 18.2 Å². The molecule has 0 aromatic heterocycles. The average molecular weight is 339 g/mol. The largest absolute Gasteiger partial charge is 0.488 e. The van der Waals surface area contributed by atoms with Crippen LogP contribution in [0.15, 0.2) is 40.9 Å². The highest BCUT2D eigenvalue weighted by atomic mass is 79.9. The number of carboxylic acid groups (broad SMARTS) is 1. The number of rotatable bonds is 4. The molecule has 0 bridgehead atoms. The van der Waals surface area contributed by atoms with Crippen LogP contribution in [0.2, 0.25) is 0 Å². The summed E-state index contributed by atoms with van der Waals surface area (Å²) in [6, 6.07) is 9.21. The predicted molar refractivity (Wildman–Crippen MR) is 76.6 cm³/mol. The van der Waals surface area contributed by atoms with Crippen LogP contribution in [0.4, 0.5) is 4.39 Å². The third-order valence-corrected chi connectivity index (χ3v) is 3.57. The zero-order chi connectivity index (χ0) is 14.7. The Bertz CT molecular complexity index is 656. The van der Waals surface area contributed by atoms with Gasteiger partial charge in [-0.2, -0.15) is 0 Å². The van der Waals surface area contributed by atoms with Crippen molar-refractivity contribution in [1.82, 2.24) is 0 Å². The number of para-hydroxylation sites is 1. The van der Waals surface area contributed by atoms with E-state index in [1.54, 1.807) is 25.1 Å². The first-order valence-corrected chi connectivity index (χ1v) is 6.68. The van der Waals surface area contributed by atoms with Crippen LogP contribution in [0.3, 0.4) is 0 Å². The van der Waals surface area contributed by atoms with Crippen molar-refractivity contribution in [1.29, 1.82) is 0 Å². The van der Waals surface area contributed by atoms with Gasteiger partial charge in [-0.05, 0) is 30.7 Å². The number of carboxylic acids is 1. The van der Waals surface area contributed by atoms with Crippen molar-refractivity contribution in [3.8, 4) is 5.75 Å². The van der Waals surface area contributed by atoms with Crippen LogP contribution in [-0.4, -0.2) is 11.1 Å². The summed E-state index contributed by atoms with van der Waals surface area (Å²) in [7, 11) is 0. The van der Waals surface area contributed by atoms with Gasteiger partial charge < -0.3 is 9.84 Å². The van der Waals surface area contributed by atoms with Gasteiger partial charge in [-0.15, -0.1) is 0 Å². The zero-order valence-electron chi connectivity index (χ0n) is 10.7. The summed E-state index contributed by atoms with van der Waals surface area (Å²) in [5.41, 5.74) is 1.59. The number of aromatic carboxylic acids is 1. The fraction of sp³-hybridized carbons (Fsp3) is 0.133. The summed E-state index contributed by atoms with van der Waals surface area (Å²) in [4.78, 5) is 11.2. The van der Waals surface area contributed by atoms with E-state index >= 15 is 0 Å². The number of hydrogen-bond donors (Lipinski definition) is 1. The molecule has 0 aliphatic heterocycles. The van der Waals surface area contributed by atoms with Gasteiger partial charge in [0, 0.05) is 10.0 Å². The summed E-state index contributed by atoms with van der Waals surface area (Å²) in [5.74, 6) is -1.05. The monoisotopic (exact) mass is 338 g/mol. The van der Waals surface area contributed by atoms with Gasteiger partial charge in [-0.1, -0.05) is 34.1 Å². The van der Waals surface area contributed by atoms with Crippen molar-refractivity contribution < 1.29 is 19.0 Å². The number of aryl methyl sites for hydroxylation is 1. The molecule has 2 rings (SSSR count). The van der Waals surface area contributed by atoms with Crippen LogP contribution in [0.5, 0.6) is 5.75 Å². The molecule has 1 N–H and O–H groups in total. The first-order valence-electron chi connectivity index (χ1n) is 5.88. The van der Waals surface area contributed by atoms with E-state index < -0.39 is 5.97 Å². The second-order valence-corrected chi connectivity index (χ2v) is 5.14. The topological polar surface area (TPSA) is 46.5 Å². The predicted octanol–water partition coefficient (Wildman–Crippen LogP) is 4.17. The van der Waals surface area contributed by atoms with Crippen LogP contribution in [0.25, 0.3) is 0 Å². The van der Waals surface area contributed by atoms with Crippen molar-refractivity contribution in [2.24, 2.45) is 0 Å². The molecule has 0 spiro atoms. The Kier molecular flexibility index (Phi) is 4.39. The minimum Gasteiger partial charge on any atom is -0.488 e. The molecule has 0 heterocycles. The summed E-state index contributed by atoms with van der Waals surface area (Å²) < 4.78 is 19.2. The Hall–Kier alpha value is -1.88. The maximum Gasteiger partial charge on any atom is 0.339 e. The average Bonchev–Trinajstić information content (AvgIpc) is 2.38. The van der Waals surface area contributed by atoms with Crippen molar-refractivity contribution in [2.75, 3.05) is 0 Å². The highest BCUT2D eigenvalue weighted by molar-refractivity contribution is 9.10. The molecule has 0 radical (unpaired) electrons. The van der Waals surface area contributed by atoms with Crippen molar-refractivity contribution in [3.05, 3.63) is 63.4 Å². The lowest BCUT2D eigenvalue weighted by Crippen LogP contribution is -2.05. The SMILES string of the molecule is Cc1cccc(C(=O)O)c1OCc1ccc(F)cc1Br. The molecular weight excluding hydrogens is 327 g/mol. The summed E-state index contributed by atoms with van der Waals surface area (Å²) in [5, 5.41) is 9.14. The van der Waals surface area contributed by atoms with Crippen LogP contribution in [-0.2, 0) is 6.61 Å². The number of hydrogen-bond acceptors (Lipinski definition) is 2. The minimum atomic E-state index is -1.04. The molecule has 0 saturated heterocycles. The lowest BCUT2D eigenvalue weighted by molar-refractivity contribution is 0.0691. The van der Waals surface area contributed by atoms with Crippen LogP contribution in [0.1, 0.15) is 21.5 Å². The van der Waals surface area contributed by atoms with E-state index in [2.05, 4.69) is 15.9 Å². The van der Waals surface area contributed by atoms with E-state index in [9.17, 15) is 9.18 Å². The number of ether oxygens (including phenoxy) is 1. The number of benzene rings is 2. The Morgan fingerprint density at radius 2 is 2.10 bits per heavy atom. The quantitative estimate of drug-likeness (QED) is 0.909. The van der Waals surface area contributed by atoms with E-state index in [0.29, 0.717) is 10.2 Å². The van der Waals surface area contributed by atoms with Crippen LogP contribution < -0.4 is 4.74 Å². The lowest BCUT2D eigenvalue weighted by Gasteiger charge is -2.12. The lowest BCUT2D eigenvalue weighted by atomic mass is 10.1. The molecule has 104 valence electrons. The first-order chi connectivity index (χ1) is 9.49. The highest BCUT2D eigenvalue weighted by Crippen LogP contribution is 2.26. The molecule has 0 aliphatic carbocycles. The molecule has 2 aromatic rings. The van der Waals surface area contributed by atoms with Gasteiger partial charge in [0.25, 0.3) is 0 Å². The fourth-order valence-electron chi connectivity index (χ4n) is 1.80. The van der Waals surface area contributed by atoms with Gasteiger partial charge in [0.15, 0.2) is 0 Å². The van der Waals surface area contributed by atoms with Gasteiger partial charge in [0.1, 0.15) is 23.7 Å². The smallest absolute Gasteiger partial charge is 0.339 e. The third-order valence-electron chi connectivity index (χ3n) is 2.83. The minimum absolute atomic E-state index is 0.114. The second-order valence-electron chi connectivity index (χ2n) is 4.28. The number of halogens is 2. The standard InChI is InChI=1S/C15H12BrFO3/c1-9-3-2-4-12(15(18)19)14(9)20-8-10-5-6-11(17)7-13(10)16/h2-7H,8H2,1H3,(H,18,19). The molecule has 0 atom stereocenters. The van der Waals surface area contributed by atoms with E-state index in [0.717, 1.165) is 11.1 Å². The van der Waals surface area contributed by atoms with Crippen molar-refractivity contribution in [2.45, 2.75) is 13.5 Å². The van der Waals surface area contributed by atoms with E-state index in [1.807, 2.05) is 0 Å². The molecule has 5 heteroatoms. The van der Waals surface area contributed by atoms with Crippen LogP contribution in [0, 0.1) is 12.7 Å². The number of carbonyl (C=O) groups is 1. The molecule has 0 fully saturated rings. The summed E-state index contributed by atoms with van der Waals surface area (Å²) >= 11 is 3.25. The Balaban J connectivity index is 2.25. The first kappa shape index (κ1) is 14.5. The maximum absolute atomic E-state index is 13.0. The Morgan fingerprint density at radius 1 is 1.35 bits per heavy atom. The Morgan fingerprint density at radius 3 is 2.75 bits per heavy atom. The van der Waals surface area contributed by atoms with E-state index in [-0.39, 0.29) is 18.0 Å².